The summed E-state index contributed by atoms with van der Waals surface area (Å²) in [6.45, 7) is 11.8. The molecule has 1 amide bonds. The van der Waals surface area contributed by atoms with Crippen LogP contribution in [0, 0.1) is 19.3 Å². The zero-order valence-corrected chi connectivity index (χ0v) is 14.6. The van der Waals surface area contributed by atoms with Crippen molar-refractivity contribution in [2.45, 2.75) is 54.4 Å². The number of amides is 1. The molecule has 0 aliphatic heterocycles. The third-order valence-corrected chi connectivity index (χ3v) is 4.35. The van der Waals surface area contributed by atoms with Crippen molar-refractivity contribution in [2.24, 2.45) is 5.41 Å². The number of aryl methyl sites for hydroxylation is 1. The number of hydrogen-bond donors (Lipinski definition) is 1. The van der Waals surface area contributed by atoms with Crippen LogP contribution in [0.3, 0.4) is 0 Å². The predicted octanol–water partition coefficient (Wildman–Crippen LogP) is 4.31. The number of nitrogens with one attached hydrogen (secondary N) is 1. The molecule has 0 radical (unpaired) electrons. The van der Waals surface area contributed by atoms with Gasteiger partial charge in [0.1, 0.15) is 5.00 Å². The topological polar surface area (TPSA) is 55.4 Å². The van der Waals surface area contributed by atoms with Crippen LogP contribution in [0.4, 0.5) is 5.00 Å². The molecule has 1 aromatic rings. The average molecular weight is 311 g/mol. The Balaban J connectivity index is 2.98. The lowest BCUT2D eigenvalue weighted by atomic mass is 9.96. The van der Waals surface area contributed by atoms with Gasteiger partial charge in [0, 0.05) is 10.3 Å². The molecule has 4 nitrogen and oxygen atoms in total. The van der Waals surface area contributed by atoms with E-state index in [0.29, 0.717) is 17.2 Å². The summed E-state index contributed by atoms with van der Waals surface area (Å²) in [6.07, 6.45) is 1.82. The highest BCUT2D eigenvalue weighted by molar-refractivity contribution is 7.16. The Morgan fingerprint density at radius 1 is 1.24 bits per heavy atom. The highest BCUT2D eigenvalue weighted by Crippen LogP contribution is 2.34. The lowest BCUT2D eigenvalue weighted by Crippen LogP contribution is -2.28. The highest BCUT2D eigenvalue weighted by Gasteiger charge is 2.26. The summed E-state index contributed by atoms with van der Waals surface area (Å²) in [6, 6.07) is 0. The van der Waals surface area contributed by atoms with E-state index in [-0.39, 0.29) is 11.9 Å². The van der Waals surface area contributed by atoms with Crippen molar-refractivity contribution in [1.29, 1.82) is 0 Å². The van der Waals surface area contributed by atoms with Crippen molar-refractivity contribution in [2.75, 3.05) is 11.9 Å². The van der Waals surface area contributed by atoms with E-state index in [1.54, 1.807) is 0 Å². The molecular formula is C16H25NO3S. The van der Waals surface area contributed by atoms with Crippen LogP contribution in [0.15, 0.2) is 0 Å². The average Bonchev–Trinajstić information content (AvgIpc) is 2.64. The minimum Gasteiger partial charge on any atom is -0.462 e. The summed E-state index contributed by atoms with van der Waals surface area (Å²) >= 11 is 1.42. The molecule has 0 saturated carbocycles. The number of anilines is 1. The Bertz CT molecular complexity index is 526. The summed E-state index contributed by atoms with van der Waals surface area (Å²) in [5.41, 5.74) is 0.867. The molecule has 0 fully saturated rings. The second-order valence-electron chi connectivity index (χ2n) is 6.18. The second-order valence-corrected chi connectivity index (χ2v) is 7.41. The van der Waals surface area contributed by atoms with Crippen molar-refractivity contribution < 1.29 is 14.3 Å². The SMILES string of the molecule is CCCCOC(=O)c1c(NC(=O)C(C)(C)C)sc(C)c1C. The number of hydrogen-bond acceptors (Lipinski definition) is 4. The fourth-order valence-electron chi connectivity index (χ4n) is 1.63. The molecular weight excluding hydrogens is 286 g/mol. The fraction of sp³-hybridized carbons (Fsp3) is 0.625. The number of rotatable bonds is 5. The number of ether oxygens (including phenoxy) is 1. The summed E-state index contributed by atoms with van der Waals surface area (Å²) in [5.74, 6) is -0.458. The van der Waals surface area contributed by atoms with E-state index >= 15 is 0 Å². The Labute approximate surface area is 130 Å². The van der Waals surface area contributed by atoms with Gasteiger partial charge >= 0.3 is 5.97 Å². The van der Waals surface area contributed by atoms with Crippen LogP contribution in [0.25, 0.3) is 0 Å². The minimum absolute atomic E-state index is 0.105. The Morgan fingerprint density at radius 3 is 2.38 bits per heavy atom. The van der Waals surface area contributed by atoms with E-state index in [1.807, 2.05) is 41.5 Å². The van der Waals surface area contributed by atoms with Crippen LogP contribution in [-0.2, 0) is 9.53 Å². The summed E-state index contributed by atoms with van der Waals surface area (Å²) in [4.78, 5) is 25.4. The standard InChI is InChI=1S/C16H25NO3S/c1-7-8-9-20-14(18)12-10(2)11(3)21-13(12)17-15(19)16(4,5)6/h7-9H2,1-6H3,(H,17,19). The second kappa shape index (κ2) is 7.07. The Hall–Kier alpha value is -1.36. The molecule has 1 rings (SSSR count). The van der Waals surface area contributed by atoms with Gasteiger partial charge in [0.2, 0.25) is 5.91 Å². The summed E-state index contributed by atoms with van der Waals surface area (Å²) in [7, 11) is 0. The van der Waals surface area contributed by atoms with Crippen molar-refractivity contribution in [3.63, 3.8) is 0 Å². The molecule has 0 bridgehead atoms. The van der Waals surface area contributed by atoms with Crippen LogP contribution >= 0.6 is 11.3 Å². The maximum atomic E-state index is 12.2. The molecule has 0 saturated heterocycles. The first kappa shape index (κ1) is 17.7. The lowest BCUT2D eigenvalue weighted by molar-refractivity contribution is -0.123. The van der Waals surface area contributed by atoms with E-state index in [0.717, 1.165) is 23.3 Å². The van der Waals surface area contributed by atoms with Gasteiger partial charge in [-0.25, -0.2) is 4.79 Å². The number of esters is 1. The molecule has 5 heteroatoms. The largest absolute Gasteiger partial charge is 0.462 e. The fourth-order valence-corrected chi connectivity index (χ4v) is 2.68. The zero-order chi connectivity index (χ0) is 16.2. The third-order valence-electron chi connectivity index (χ3n) is 3.23. The first-order chi connectivity index (χ1) is 9.68. The summed E-state index contributed by atoms with van der Waals surface area (Å²) in [5, 5.41) is 3.45. The molecule has 118 valence electrons. The molecule has 0 aliphatic rings. The van der Waals surface area contributed by atoms with E-state index in [9.17, 15) is 9.59 Å². The highest BCUT2D eigenvalue weighted by atomic mass is 32.1. The van der Waals surface area contributed by atoms with Crippen LogP contribution < -0.4 is 5.32 Å². The molecule has 1 aromatic heterocycles. The number of carbonyl (C=O) groups is 2. The number of carbonyl (C=O) groups excluding carboxylic acids is 2. The molecule has 0 atom stereocenters. The molecule has 1 N–H and O–H groups in total. The number of thiophene rings is 1. The van der Waals surface area contributed by atoms with Gasteiger partial charge in [0.15, 0.2) is 0 Å². The summed E-state index contributed by atoms with van der Waals surface area (Å²) < 4.78 is 5.29. The van der Waals surface area contributed by atoms with Crippen molar-refractivity contribution >= 4 is 28.2 Å². The van der Waals surface area contributed by atoms with E-state index in [2.05, 4.69) is 5.32 Å². The van der Waals surface area contributed by atoms with Crippen molar-refractivity contribution in [1.82, 2.24) is 0 Å². The van der Waals surface area contributed by atoms with Gasteiger partial charge in [-0.2, -0.15) is 0 Å². The van der Waals surface area contributed by atoms with Gasteiger partial charge in [0.25, 0.3) is 0 Å². The van der Waals surface area contributed by atoms with Gasteiger partial charge in [-0.15, -0.1) is 11.3 Å². The monoisotopic (exact) mass is 311 g/mol. The van der Waals surface area contributed by atoms with Crippen LogP contribution in [-0.4, -0.2) is 18.5 Å². The lowest BCUT2D eigenvalue weighted by Gasteiger charge is -2.17. The molecule has 0 aromatic carbocycles. The van der Waals surface area contributed by atoms with Crippen LogP contribution in [0.1, 0.15) is 61.3 Å². The van der Waals surface area contributed by atoms with Gasteiger partial charge < -0.3 is 10.1 Å². The smallest absolute Gasteiger partial charge is 0.341 e. The number of unbranched alkanes of at least 4 members (excludes halogenated alkanes) is 1. The van der Waals surface area contributed by atoms with Gasteiger partial charge in [-0.3, -0.25) is 4.79 Å². The molecule has 0 unspecified atom stereocenters. The maximum absolute atomic E-state index is 12.2. The Kier molecular flexibility index (Phi) is 5.96. The van der Waals surface area contributed by atoms with Gasteiger partial charge in [-0.05, 0) is 25.8 Å². The van der Waals surface area contributed by atoms with Crippen molar-refractivity contribution in [3.05, 3.63) is 16.0 Å². The maximum Gasteiger partial charge on any atom is 0.341 e. The minimum atomic E-state index is -0.505. The van der Waals surface area contributed by atoms with Crippen molar-refractivity contribution in [3.8, 4) is 0 Å². The zero-order valence-electron chi connectivity index (χ0n) is 13.8. The van der Waals surface area contributed by atoms with E-state index in [1.165, 1.54) is 11.3 Å². The third kappa shape index (κ3) is 4.56. The predicted molar refractivity (Wildman–Crippen MR) is 87.1 cm³/mol. The molecule has 1 heterocycles. The van der Waals surface area contributed by atoms with Gasteiger partial charge in [0.05, 0.1) is 12.2 Å². The van der Waals surface area contributed by atoms with Gasteiger partial charge in [-0.1, -0.05) is 34.1 Å². The Morgan fingerprint density at radius 2 is 1.86 bits per heavy atom. The molecule has 21 heavy (non-hydrogen) atoms. The van der Waals surface area contributed by atoms with E-state index in [4.69, 9.17) is 4.74 Å². The first-order valence-electron chi connectivity index (χ1n) is 7.27. The quantitative estimate of drug-likeness (QED) is 0.651. The molecule has 0 spiro atoms. The molecule has 0 aliphatic carbocycles. The van der Waals surface area contributed by atoms with E-state index < -0.39 is 5.41 Å². The van der Waals surface area contributed by atoms with Crippen LogP contribution in [0.5, 0.6) is 0 Å². The first-order valence-corrected chi connectivity index (χ1v) is 8.08. The normalized spacial score (nSPS) is 11.3. The van der Waals surface area contributed by atoms with Crippen LogP contribution in [0.2, 0.25) is 0 Å².